The van der Waals surface area contributed by atoms with E-state index in [1.165, 1.54) is 17.5 Å². The lowest BCUT2D eigenvalue weighted by atomic mass is 10.1. The Morgan fingerprint density at radius 1 is 1.19 bits per heavy atom. The molecule has 0 bridgehead atoms. The Balaban J connectivity index is 1.95. The van der Waals surface area contributed by atoms with Gasteiger partial charge in [0.2, 0.25) is 0 Å². The average Bonchev–Trinajstić information content (AvgIpc) is 3.06. The number of nitrogens with zero attached hydrogens (tertiary/aromatic N) is 1. The summed E-state index contributed by atoms with van der Waals surface area (Å²) in [6.45, 7) is 2.01. The van der Waals surface area contributed by atoms with Crippen LogP contribution in [0.5, 0.6) is 0 Å². The van der Waals surface area contributed by atoms with Crippen molar-refractivity contribution in [2.24, 2.45) is 0 Å². The van der Waals surface area contributed by atoms with Gasteiger partial charge in [-0.25, -0.2) is 4.79 Å². The predicted molar refractivity (Wildman–Crippen MR) is 106 cm³/mol. The van der Waals surface area contributed by atoms with Crippen molar-refractivity contribution in [1.29, 1.82) is 0 Å². The molecule has 0 saturated heterocycles. The third-order valence-electron chi connectivity index (χ3n) is 3.48. The molecule has 0 aliphatic heterocycles. The Bertz CT molecular complexity index is 941. The van der Waals surface area contributed by atoms with Crippen molar-refractivity contribution in [3.63, 3.8) is 0 Å². The van der Waals surface area contributed by atoms with Crippen LogP contribution in [-0.2, 0) is 4.74 Å². The van der Waals surface area contributed by atoms with E-state index in [0.717, 1.165) is 10.4 Å². The van der Waals surface area contributed by atoms with Crippen LogP contribution in [0.1, 0.15) is 27.6 Å². The minimum atomic E-state index is -0.464. The van der Waals surface area contributed by atoms with Gasteiger partial charge in [0.25, 0.3) is 5.91 Å². The Kier molecular flexibility index (Phi) is 5.80. The van der Waals surface area contributed by atoms with E-state index in [-0.39, 0.29) is 12.5 Å². The number of thiophene rings is 1. The van der Waals surface area contributed by atoms with Crippen LogP contribution in [0, 0.1) is 0 Å². The number of hydrogen-bond donors (Lipinski definition) is 1. The molecular weight excluding hydrogens is 416 g/mol. The third kappa shape index (κ3) is 4.17. The molecule has 2 heterocycles. The maximum Gasteiger partial charge on any atom is 0.341 e. The van der Waals surface area contributed by atoms with Crippen molar-refractivity contribution < 1.29 is 14.3 Å². The third-order valence-corrected chi connectivity index (χ3v) is 5.01. The summed E-state index contributed by atoms with van der Waals surface area (Å²) in [7, 11) is 0. The summed E-state index contributed by atoms with van der Waals surface area (Å²) in [6.07, 6.45) is 3.06. The fraction of sp³-hybridized carbons (Fsp3) is 0.105. The SMILES string of the molecule is CCOC(=O)c1cc(-c2ccccc2)sc1NC(=O)c1cncc(Br)c1. The van der Waals surface area contributed by atoms with Crippen LogP contribution >= 0.6 is 27.3 Å². The molecule has 0 radical (unpaired) electrons. The fourth-order valence-electron chi connectivity index (χ4n) is 2.30. The van der Waals surface area contributed by atoms with E-state index in [2.05, 4.69) is 26.2 Å². The summed E-state index contributed by atoms with van der Waals surface area (Å²) < 4.78 is 5.82. The zero-order valence-corrected chi connectivity index (χ0v) is 16.3. The van der Waals surface area contributed by atoms with Crippen LogP contribution in [0.15, 0.2) is 59.3 Å². The van der Waals surface area contributed by atoms with E-state index in [9.17, 15) is 9.59 Å². The van der Waals surface area contributed by atoms with Gasteiger partial charge >= 0.3 is 5.97 Å². The van der Waals surface area contributed by atoms with Crippen molar-refractivity contribution in [2.45, 2.75) is 6.92 Å². The number of aromatic nitrogens is 1. The molecule has 0 atom stereocenters. The molecule has 2 aromatic heterocycles. The number of pyridine rings is 1. The number of halogens is 1. The first kappa shape index (κ1) is 18.3. The molecule has 26 heavy (non-hydrogen) atoms. The van der Waals surface area contributed by atoms with Gasteiger partial charge in [-0.2, -0.15) is 0 Å². The Morgan fingerprint density at radius 3 is 2.65 bits per heavy atom. The molecule has 0 spiro atoms. The largest absolute Gasteiger partial charge is 0.462 e. The number of carbonyl (C=O) groups is 2. The van der Waals surface area contributed by atoms with Crippen molar-refractivity contribution in [3.8, 4) is 10.4 Å². The zero-order chi connectivity index (χ0) is 18.5. The molecule has 7 heteroatoms. The zero-order valence-electron chi connectivity index (χ0n) is 13.9. The van der Waals surface area contributed by atoms with Gasteiger partial charge in [-0.05, 0) is 40.5 Å². The Morgan fingerprint density at radius 2 is 1.96 bits per heavy atom. The number of ether oxygens (including phenoxy) is 1. The second-order valence-electron chi connectivity index (χ2n) is 5.29. The number of amides is 1. The highest BCUT2D eigenvalue weighted by molar-refractivity contribution is 9.10. The number of carbonyl (C=O) groups excluding carboxylic acids is 2. The lowest BCUT2D eigenvalue weighted by Crippen LogP contribution is -2.14. The molecule has 1 aromatic carbocycles. The summed E-state index contributed by atoms with van der Waals surface area (Å²) in [5.74, 6) is -0.806. The quantitative estimate of drug-likeness (QED) is 0.578. The van der Waals surface area contributed by atoms with Gasteiger partial charge in [-0.1, -0.05) is 30.3 Å². The Labute approximate surface area is 163 Å². The van der Waals surface area contributed by atoms with Crippen LogP contribution in [0.4, 0.5) is 5.00 Å². The monoisotopic (exact) mass is 430 g/mol. The molecule has 0 saturated carbocycles. The van der Waals surface area contributed by atoms with Gasteiger partial charge in [0.1, 0.15) is 5.00 Å². The molecule has 5 nitrogen and oxygen atoms in total. The lowest BCUT2D eigenvalue weighted by Gasteiger charge is -2.06. The van der Waals surface area contributed by atoms with Crippen molar-refractivity contribution in [3.05, 3.63) is 70.5 Å². The molecule has 0 unspecified atom stereocenters. The van der Waals surface area contributed by atoms with Crippen LogP contribution in [0.3, 0.4) is 0 Å². The van der Waals surface area contributed by atoms with Crippen molar-refractivity contribution in [2.75, 3.05) is 11.9 Å². The number of hydrogen-bond acceptors (Lipinski definition) is 5. The Hall–Kier alpha value is -2.51. The average molecular weight is 431 g/mol. The molecule has 3 aromatic rings. The smallest absolute Gasteiger partial charge is 0.341 e. The van der Waals surface area contributed by atoms with E-state index >= 15 is 0 Å². The molecule has 3 rings (SSSR count). The second-order valence-corrected chi connectivity index (χ2v) is 7.25. The summed E-state index contributed by atoms with van der Waals surface area (Å²) in [4.78, 5) is 29.7. The molecule has 1 amide bonds. The van der Waals surface area contributed by atoms with E-state index in [1.54, 1.807) is 25.3 Å². The van der Waals surface area contributed by atoms with Crippen LogP contribution in [0.2, 0.25) is 0 Å². The van der Waals surface area contributed by atoms with Gasteiger partial charge < -0.3 is 10.1 Å². The first-order chi connectivity index (χ1) is 12.6. The van der Waals surface area contributed by atoms with Crippen LogP contribution in [-0.4, -0.2) is 23.5 Å². The normalized spacial score (nSPS) is 10.4. The van der Waals surface area contributed by atoms with Crippen molar-refractivity contribution in [1.82, 2.24) is 4.98 Å². The first-order valence-corrected chi connectivity index (χ1v) is 9.47. The van der Waals surface area contributed by atoms with Gasteiger partial charge in [-0.3, -0.25) is 9.78 Å². The highest BCUT2D eigenvalue weighted by atomic mass is 79.9. The number of rotatable bonds is 5. The minimum Gasteiger partial charge on any atom is -0.462 e. The van der Waals surface area contributed by atoms with Gasteiger partial charge in [0, 0.05) is 21.7 Å². The van der Waals surface area contributed by atoms with Gasteiger partial charge in [0.05, 0.1) is 17.7 Å². The summed E-state index contributed by atoms with van der Waals surface area (Å²) >= 11 is 4.62. The number of benzene rings is 1. The number of nitrogens with one attached hydrogen (secondary N) is 1. The maximum absolute atomic E-state index is 12.5. The van der Waals surface area contributed by atoms with Gasteiger partial charge in [-0.15, -0.1) is 11.3 Å². The minimum absolute atomic E-state index is 0.262. The van der Waals surface area contributed by atoms with E-state index < -0.39 is 5.97 Å². The molecular formula is C19H15BrN2O3S. The number of esters is 1. The summed E-state index contributed by atoms with van der Waals surface area (Å²) in [5, 5.41) is 3.25. The lowest BCUT2D eigenvalue weighted by molar-refractivity contribution is 0.0528. The van der Waals surface area contributed by atoms with Crippen LogP contribution < -0.4 is 5.32 Å². The molecule has 0 fully saturated rings. The van der Waals surface area contributed by atoms with E-state index in [0.29, 0.717) is 20.6 Å². The maximum atomic E-state index is 12.5. The summed E-state index contributed by atoms with van der Waals surface area (Å²) in [6, 6.07) is 13.1. The highest BCUT2D eigenvalue weighted by Crippen LogP contribution is 2.36. The van der Waals surface area contributed by atoms with Crippen LogP contribution in [0.25, 0.3) is 10.4 Å². The first-order valence-electron chi connectivity index (χ1n) is 7.86. The molecule has 1 N–H and O–H groups in total. The number of anilines is 1. The molecule has 0 aliphatic rings. The van der Waals surface area contributed by atoms with E-state index in [1.807, 2.05) is 30.3 Å². The summed E-state index contributed by atoms with van der Waals surface area (Å²) in [5.41, 5.74) is 1.70. The second kappa shape index (κ2) is 8.25. The van der Waals surface area contributed by atoms with E-state index in [4.69, 9.17) is 4.74 Å². The predicted octanol–water partition coefficient (Wildman–Crippen LogP) is 5.00. The standard InChI is InChI=1S/C19H15BrN2O3S/c1-2-25-19(24)15-9-16(12-6-4-3-5-7-12)26-18(15)22-17(23)13-8-14(20)11-21-10-13/h3-11H,2H2,1H3,(H,22,23). The highest BCUT2D eigenvalue weighted by Gasteiger charge is 2.20. The van der Waals surface area contributed by atoms with Crippen molar-refractivity contribution >= 4 is 44.1 Å². The molecule has 132 valence electrons. The van der Waals surface area contributed by atoms with Gasteiger partial charge in [0.15, 0.2) is 0 Å². The topological polar surface area (TPSA) is 68.3 Å². The fourth-order valence-corrected chi connectivity index (χ4v) is 3.71. The molecule has 0 aliphatic carbocycles.